The first-order valence-corrected chi connectivity index (χ1v) is 5.71. The summed E-state index contributed by atoms with van der Waals surface area (Å²) in [6.07, 6.45) is 0. The van der Waals surface area contributed by atoms with Gasteiger partial charge in [-0.15, -0.1) is 10.2 Å². The molecule has 4 nitrogen and oxygen atoms in total. The molecule has 1 aliphatic rings. The number of aromatic nitrogens is 2. The van der Waals surface area contributed by atoms with Crippen molar-refractivity contribution >= 4 is 23.1 Å². The first kappa shape index (κ1) is 10.4. The van der Waals surface area contributed by atoms with Gasteiger partial charge in [-0.05, 0) is 24.3 Å². The Hall–Kier alpha value is -1.81. The molecule has 5 heteroatoms. The van der Waals surface area contributed by atoms with Crippen molar-refractivity contribution < 1.29 is 4.74 Å². The predicted octanol–water partition coefficient (Wildman–Crippen LogP) is 2.66. The van der Waals surface area contributed by atoms with E-state index in [-0.39, 0.29) is 0 Å². The van der Waals surface area contributed by atoms with Crippen LogP contribution in [0.2, 0.25) is 5.15 Å². The maximum atomic E-state index is 5.73. The molecule has 0 saturated carbocycles. The van der Waals surface area contributed by atoms with Crippen LogP contribution in [0.15, 0.2) is 36.4 Å². The first-order valence-electron chi connectivity index (χ1n) is 5.33. The number of anilines is 2. The fourth-order valence-electron chi connectivity index (χ4n) is 1.86. The van der Waals surface area contributed by atoms with Gasteiger partial charge in [0.05, 0.1) is 12.2 Å². The maximum Gasteiger partial charge on any atom is 0.155 e. The first-order chi connectivity index (χ1) is 8.34. The van der Waals surface area contributed by atoms with Crippen LogP contribution in [0.25, 0.3) is 0 Å². The number of ether oxygens (including phenoxy) is 1. The lowest BCUT2D eigenvalue weighted by atomic mass is 10.2. The molecule has 3 rings (SSSR count). The van der Waals surface area contributed by atoms with Crippen LogP contribution in [-0.4, -0.2) is 23.3 Å². The van der Waals surface area contributed by atoms with Gasteiger partial charge in [-0.1, -0.05) is 23.7 Å². The van der Waals surface area contributed by atoms with Gasteiger partial charge in [0.1, 0.15) is 12.4 Å². The van der Waals surface area contributed by atoms with Gasteiger partial charge in [0.25, 0.3) is 0 Å². The third kappa shape index (κ3) is 1.91. The standard InChI is InChI=1S/C12H10ClN3O/c13-11-5-6-12(15-14-11)16-7-8-17-10-4-2-1-3-9(10)16/h1-6H,7-8H2. The minimum absolute atomic E-state index is 0.398. The van der Waals surface area contributed by atoms with Crippen LogP contribution in [0.1, 0.15) is 0 Å². The zero-order valence-corrected chi connectivity index (χ0v) is 9.76. The topological polar surface area (TPSA) is 38.2 Å². The quantitative estimate of drug-likeness (QED) is 0.777. The van der Waals surface area contributed by atoms with Crippen LogP contribution < -0.4 is 9.64 Å². The van der Waals surface area contributed by atoms with Gasteiger partial charge >= 0.3 is 0 Å². The Morgan fingerprint density at radius 3 is 2.82 bits per heavy atom. The van der Waals surface area contributed by atoms with E-state index >= 15 is 0 Å². The SMILES string of the molecule is Clc1ccc(N2CCOc3ccccc32)nn1. The summed E-state index contributed by atoms with van der Waals surface area (Å²) in [5, 5.41) is 8.35. The molecule has 17 heavy (non-hydrogen) atoms. The smallest absolute Gasteiger partial charge is 0.155 e. The highest BCUT2D eigenvalue weighted by Crippen LogP contribution is 2.35. The van der Waals surface area contributed by atoms with Gasteiger partial charge in [0.15, 0.2) is 11.0 Å². The fourth-order valence-corrected chi connectivity index (χ4v) is 1.96. The van der Waals surface area contributed by atoms with E-state index in [1.165, 1.54) is 0 Å². The second-order valence-electron chi connectivity index (χ2n) is 3.68. The molecule has 0 spiro atoms. The van der Waals surface area contributed by atoms with Gasteiger partial charge in [0, 0.05) is 0 Å². The third-order valence-electron chi connectivity index (χ3n) is 2.62. The lowest BCUT2D eigenvalue weighted by molar-refractivity contribution is 0.313. The minimum atomic E-state index is 0.398. The van der Waals surface area contributed by atoms with Crippen molar-refractivity contribution in [3.8, 4) is 5.75 Å². The number of hydrogen-bond acceptors (Lipinski definition) is 4. The van der Waals surface area contributed by atoms with Gasteiger partial charge in [-0.25, -0.2) is 0 Å². The molecule has 2 heterocycles. The van der Waals surface area contributed by atoms with Crippen molar-refractivity contribution in [1.82, 2.24) is 10.2 Å². The Balaban J connectivity index is 2.03. The summed E-state index contributed by atoms with van der Waals surface area (Å²) in [5.41, 5.74) is 1.01. The molecule has 1 aromatic carbocycles. The van der Waals surface area contributed by atoms with Crippen LogP contribution >= 0.6 is 11.6 Å². The summed E-state index contributed by atoms with van der Waals surface area (Å²) in [6.45, 7) is 1.40. The monoisotopic (exact) mass is 247 g/mol. The van der Waals surface area contributed by atoms with E-state index in [0.717, 1.165) is 23.8 Å². The average molecular weight is 248 g/mol. The average Bonchev–Trinajstić information content (AvgIpc) is 2.39. The second kappa shape index (κ2) is 4.22. The number of fused-ring (bicyclic) bond motifs is 1. The number of halogens is 1. The molecule has 0 N–H and O–H groups in total. The number of nitrogens with zero attached hydrogens (tertiary/aromatic N) is 3. The number of para-hydroxylation sites is 2. The molecule has 86 valence electrons. The predicted molar refractivity (Wildman–Crippen MR) is 66.0 cm³/mol. The van der Waals surface area contributed by atoms with E-state index in [4.69, 9.17) is 16.3 Å². The lowest BCUT2D eigenvalue weighted by Gasteiger charge is -2.29. The number of benzene rings is 1. The maximum absolute atomic E-state index is 5.73. The summed E-state index contributed by atoms with van der Waals surface area (Å²) >= 11 is 5.73. The molecule has 0 bridgehead atoms. The van der Waals surface area contributed by atoms with E-state index in [1.807, 2.05) is 30.3 Å². The molecule has 2 aromatic rings. The van der Waals surface area contributed by atoms with Crippen molar-refractivity contribution in [2.45, 2.75) is 0 Å². The molecule has 1 aliphatic heterocycles. The Kier molecular flexibility index (Phi) is 2.57. The molecular weight excluding hydrogens is 238 g/mol. The summed E-state index contributed by atoms with van der Waals surface area (Å²) < 4.78 is 5.58. The zero-order chi connectivity index (χ0) is 11.7. The molecule has 0 unspecified atom stereocenters. The molecule has 0 aliphatic carbocycles. The van der Waals surface area contributed by atoms with Crippen LogP contribution in [0.3, 0.4) is 0 Å². The van der Waals surface area contributed by atoms with Crippen molar-refractivity contribution in [3.05, 3.63) is 41.6 Å². The van der Waals surface area contributed by atoms with E-state index in [1.54, 1.807) is 6.07 Å². The van der Waals surface area contributed by atoms with Crippen LogP contribution in [0, 0.1) is 0 Å². The van der Waals surface area contributed by atoms with Crippen molar-refractivity contribution in [1.29, 1.82) is 0 Å². The molecule has 0 radical (unpaired) electrons. The highest BCUT2D eigenvalue weighted by atomic mass is 35.5. The zero-order valence-electron chi connectivity index (χ0n) is 9.01. The lowest BCUT2D eigenvalue weighted by Crippen LogP contribution is -2.29. The summed E-state index contributed by atoms with van der Waals surface area (Å²) in [5.74, 6) is 1.65. The van der Waals surface area contributed by atoms with Crippen LogP contribution in [0.4, 0.5) is 11.5 Å². The summed E-state index contributed by atoms with van der Waals surface area (Å²) in [6, 6.07) is 11.5. The molecular formula is C12H10ClN3O. The molecule has 0 amide bonds. The Bertz CT molecular complexity index is 530. The molecule has 0 saturated heterocycles. The van der Waals surface area contributed by atoms with E-state index < -0.39 is 0 Å². The molecule has 0 fully saturated rings. The summed E-state index contributed by atoms with van der Waals surface area (Å²) in [7, 11) is 0. The van der Waals surface area contributed by atoms with Gasteiger partial charge in [-0.2, -0.15) is 0 Å². The number of rotatable bonds is 1. The Labute approximate surface area is 104 Å². The van der Waals surface area contributed by atoms with Gasteiger partial charge in [-0.3, -0.25) is 0 Å². The van der Waals surface area contributed by atoms with E-state index in [9.17, 15) is 0 Å². The van der Waals surface area contributed by atoms with Crippen molar-refractivity contribution in [2.75, 3.05) is 18.1 Å². The molecule has 1 aromatic heterocycles. The van der Waals surface area contributed by atoms with Crippen molar-refractivity contribution in [2.24, 2.45) is 0 Å². The van der Waals surface area contributed by atoms with Gasteiger partial charge in [0.2, 0.25) is 0 Å². The third-order valence-corrected chi connectivity index (χ3v) is 2.82. The van der Waals surface area contributed by atoms with Crippen LogP contribution in [-0.2, 0) is 0 Å². The van der Waals surface area contributed by atoms with E-state index in [2.05, 4.69) is 15.1 Å². The van der Waals surface area contributed by atoms with E-state index in [0.29, 0.717) is 11.8 Å². The Morgan fingerprint density at radius 1 is 1.12 bits per heavy atom. The highest BCUT2D eigenvalue weighted by Gasteiger charge is 2.19. The number of hydrogen-bond donors (Lipinski definition) is 0. The van der Waals surface area contributed by atoms with Crippen LogP contribution in [0.5, 0.6) is 5.75 Å². The fraction of sp³-hybridized carbons (Fsp3) is 0.167. The largest absolute Gasteiger partial charge is 0.490 e. The van der Waals surface area contributed by atoms with Gasteiger partial charge < -0.3 is 9.64 Å². The molecule has 0 atom stereocenters. The second-order valence-corrected chi connectivity index (χ2v) is 4.07. The Morgan fingerprint density at radius 2 is 2.00 bits per heavy atom. The normalized spacial score (nSPS) is 14.1. The summed E-state index contributed by atoms with van der Waals surface area (Å²) in [4.78, 5) is 2.07. The minimum Gasteiger partial charge on any atom is -0.490 e. The van der Waals surface area contributed by atoms with Crippen molar-refractivity contribution in [3.63, 3.8) is 0 Å². The highest BCUT2D eigenvalue weighted by molar-refractivity contribution is 6.29.